The molecule has 25 heavy (non-hydrogen) atoms. The summed E-state index contributed by atoms with van der Waals surface area (Å²) in [5, 5.41) is 8.78. The highest BCUT2D eigenvalue weighted by Crippen LogP contribution is 2.17. The molecule has 0 spiro atoms. The molecule has 1 heterocycles. The molecule has 0 amide bonds. The predicted molar refractivity (Wildman–Crippen MR) is 88.2 cm³/mol. The second-order valence-electron chi connectivity index (χ2n) is 5.37. The molecule has 4 nitrogen and oxygen atoms in total. The third kappa shape index (κ3) is 2.78. The van der Waals surface area contributed by atoms with Crippen molar-refractivity contribution in [1.29, 1.82) is 0 Å². The molecule has 0 atom stereocenters. The van der Waals surface area contributed by atoms with E-state index in [2.05, 4.69) is 10.2 Å². The van der Waals surface area contributed by atoms with Gasteiger partial charge in [0.05, 0.1) is 10.7 Å². The Kier molecular flexibility index (Phi) is 3.78. The smallest absolute Gasteiger partial charge is 0.202 e. The van der Waals surface area contributed by atoms with E-state index in [0.717, 1.165) is 10.4 Å². The van der Waals surface area contributed by atoms with Gasteiger partial charge in [-0.2, -0.15) is 0 Å². The first-order valence-electron chi connectivity index (χ1n) is 7.69. The van der Waals surface area contributed by atoms with Crippen molar-refractivity contribution in [2.24, 2.45) is 0 Å². The monoisotopic (exact) mass is 335 g/mol. The van der Waals surface area contributed by atoms with Crippen LogP contribution >= 0.6 is 0 Å². The Bertz CT molecular complexity index is 994. The molecule has 0 saturated carbocycles. The van der Waals surface area contributed by atoms with Crippen molar-refractivity contribution in [3.05, 3.63) is 90.5 Å². The highest BCUT2D eigenvalue weighted by Gasteiger charge is 2.27. The molecular formula is C19H13F2N4+. The van der Waals surface area contributed by atoms with E-state index >= 15 is 0 Å². The molecule has 0 N–H and O–H groups in total. The Morgan fingerprint density at radius 2 is 1.32 bits per heavy atom. The molecule has 1 aromatic heterocycles. The maximum absolute atomic E-state index is 14.3. The van der Waals surface area contributed by atoms with Crippen molar-refractivity contribution in [2.45, 2.75) is 0 Å². The number of aromatic nitrogens is 4. The Morgan fingerprint density at radius 1 is 0.720 bits per heavy atom. The first-order chi connectivity index (χ1) is 12.2. The van der Waals surface area contributed by atoms with E-state index in [1.54, 1.807) is 12.1 Å². The lowest BCUT2D eigenvalue weighted by atomic mass is 10.2. The zero-order valence-electron chi connectivity index (χ0n) is 13.1. The van der Waals surface area contributed by atoms with Gasteiger partial charge in [-0.05, 0) is 46.3 Å². The molecule has 4 aromatic rings. The van der Waals surface area contributed by atoms with Gasteiger partial charge in [-0.1, -0.05) is 42.5 Å². The number of nitrogens with zero attached hydrogens (tertiary/aromatic N) is 4. The molecule has 0 aliphatic carbocycles. The number of hydrogen-bond donors (Lipinski definition) is 0. The van der Waals surface area contributed by atoms with Crippen LogP contribution in [0.1, 0.15) is 0 Å². The van der Waals surface area contributed by atoms with Crippen LogP contribution in [0.2, 0.25) is 0 Å². The summed E-state index contributed by atoms with van der Waals surface area (Å²) in [5.41, 5.74) is 1.11. The van der Waals surface area contributed by atoms with E-state index in [1.807, 2.05) is 48.5 Å². The third-order valence-corrected chi connectivity index (χ3v) is 3.71. The first kappa shape index (κ1) is 15.1. The third-order valence-electron chi connectivity index (χ3n) is 3.71. The molecule has 0 bridgehead atoms. The summed E-state index contributed by atoms with van der Waals surface area (Å²) in [5.74, 6) is -1.06. The lowest BCUT2D eigenvalue weighted by Gasteiger charge is -2.01. The molecule has 122 valence electrons. The van der Waals surface area contributed by atoms with Crippen LogP contribution in [0.4, 0.5) is 8.78 Å². The van der Waals surface area contributed by atoms with E-state index in [9.17, 15) is 8.78 Å². The summed E-state index contributed by atoms with van der Waals surface area (Å²) >= 11 is 0. The number of rotatable bonds is 3. The molecule has 0 aliphatic rings. The van der Waals surface area contributed by atoms with Gasteiger partial charge in [-0.25, -0.2) is 8.78 Å². The average Bonchev–Trinajstić information content (AvgIpc) is 3.08. The lowest BCUT2D eigenvalue weighted by molar-refractivity contribution is -0.737. The molecule has 0 unspecified atom stereocenters. The van der Waals surface area contributed by atoms with Crippen LogP contribution in [0.25, 0.3) is 22.8 Å². The number of benzene rings is 3. The summed E-state index contributed by atoms with van der Waals surface area (Å²) < 4.78 is 28.6. The second kappa shape index (κ2) is 6.24. The van der Waals surface area contributed by atoms with Crippen molar-refractivity contribution >= 4 is 0 Å². The van der Waals surface area contributed by atoms with Crippen molar-refractivity contribution in [3.8, 4) is 22.8 Å². The molecule has 0 saturated heterocycles. The maximum atomic E-state index is 14.3. The van der Waals surface area contributed by atoms with E-state index in [4.69, 9.17) is 0 Å². The molecule has 6 heteroatoms. The lowest BCUT2D eigenvalue weighted by Crippen LogP contribution is -2.45. The van der Waals surface area contributed by atoms with Crippen LogP contribution in [-0.4, -0.2) is 15.0 Å². The minimum absolute atomic E-state index is 0.277. The van der Waals surface area contributed by atoms with Gasteiger partial charge >= 0.3 is 5.82 Å². The molecule has 4 rings (SSSR count). The maximum Gasteiger partial charge on any atom is 0.340 e. The fourth-order valence-corrected chi connectivity index (χ4v) is 2.54. The Balaban J connectivity index is 1.98. The highest BCUT2D eigenvalue weighted by atomic mass is 19.1. The van der Waals surface area contributed by atoms with Crippen LogP contribution in [0.5, 0.6) is 0 Å². The van der Waals surface area contributed by atoms with Gasteiger partial charge < -0.3 is 0 Å². The van der Waals surface area contributed by atoms with Crippen LogP contribution in [0, 0.1) is 11.6 Å². The number of tetrazole rings is 1. The van der Waals surface area contributed by atoms with Gasteiger partial charge in [0.15, 0.2) is 11.6 Å². The zero-order chi connectivity index (χ0) is 17.2. The first-order valence-corrected chi connectivity index (χ1v) is 7.69. The highest BCUT2D eigenvalue weighted by molar-refractivity contribution is 5.53. The molecule has 0 fully saturated rings. The molecular weight excluding hydrogens is 322 g/mol. The minimum atomic E-state index is -0.714. The fraction of sp³-hybridized carbons (Fsp3) is 0. The van der Waals surface area contributed by atoms with Crippen molar-refractivity contribution < 1.29 is 13.6 Å². The van der Waals surface area contributed by atoms with Gasteiger partial charge in [0.25, 0.3) is 5.69 Å². The van der Waals surface area contributed by atoms with Crippen LogP contribution in [0.15, 0.2) is 78.9 Å². The Labute approximate surface area is 142 Å². The van der Waals surface area contributed by atoms with E-state index in [0.29, 0.717) is 11.5 Å². The van der Waals surface area contributed by atoms with E-state index < -0.39 is 11.6 Å². The van der Waals surface area contributed by atoms with Gasteiger partial charge in [0, 0.05) is 4.80 Å². The number of hydrogen-bond acceptors (Lipinski definition) is 2. The van der Waals surface area contributed by atoms with Gasteiger partial charge in [0.2, 0.25) is 0 Å². The van der Waals surface area contributed by atoms with Gasteiger partial charge in [-0.15, -0.1) is 0 Å². The van der Waals surface area contributed by atoms with Crippen molar-refractivity contribution in [1.82, 2.24) is 15.0 Å². The van der Waals surface area contributed by atoms with Gasteiger partial charge in [0.1, 0.15) is 5.69 Å². The standard InChI is InChI=1S/C19H13F2N4/c20-16-12-7-13-17(21)18(16)25-23-19(14-8-3-1-4-9-14)22-24(25)15-10-5-2-6-11-15/h1-13H/q+1. The largest absolute Gasteiger partial charge is 0.340 e. The fourth-order valence-electron chi connectivity index (χ4n) is 2.54. The second-order valence-corrected chi connectivity index (χ2v) is 5.37. The average molecular weight is 335 g/mol. The Hall–Kier alpha value is -3.41. The van der Waals surface area contributed by atoms with Crippen LogP contribution < -0.4 is 4.80 Å². The van der Waals surface area contributed by atoms with Crippen LogP contribution in [0.3, 0.4) is 0 Å². The summed E-state index contributed by atoms with van der Waals surface area (Å²) in [4.78, 5) is 2.52. The topological polar surface area (TPSA) is 34.6 Å². The quantitative estimate of drug-likeness (QED) is 0.537. The predicted octanol–water partition coefficient (Wildman–Crippen LogP) is 3.49. The molecule has 0 aliphatic heterocycles. The van der Waals surface area contributed by atoms with Crippen molar-refractivity contribution in [2.75, 3.05) is 0 Å². The Morgan fingerprint density at radius 3 is 1.96 bits per heavy atom. The summed E-state index contributed by atoms with van der Waals surface area (Å²) in [6.45, 7) is 0. The molecule has 3 aromatic carbocycles. The summed E-state index contributed by atoms with van der Waals surface area (Å²) in [6, 6.07) is 22.0. The normalized spacial score (nSPS) is 10.8. The number of halogens is 2. The van der Waals surface area contributed by atoms with Gasteiger partial charge in [-0.3, -0.25) is 0 Å². The van der Waals surface area contributed by atoms with Crippen LogP contribution in [-0.2, 0) is 0 Å². The summed E-state index contributed by atoms with van der Waals surface area (Å²) in [7, 11) is 0. The minimum Gasteiger partial charge on any atom is -0.202 e. The summed E-state index contributed by atoms with van der Waals surface area (Å²) in [6.07, 6.45) is 0. The SMILES string of the molecule is Fc1cccc(F)c1-[n+]1nc(-c2ccccc2)nn1-c1ccccc1. The zero-order valence-corrected chi connectivity index (χ0v) is 13.1. The van der Waals surface area contributed by atoms with Crippen molar-refractivity contribution in [3.63, 3.8) is 0 Å². The van der Waals surface area contributed by atoms with E-state index in [1.165, 1.54) is 23.0 Å². The molecule has 0 radical (unpaired) electrons. The number of para-hydroxylation sites is 2. The van der Waals surface area contributed by atoms with E-state index in [-0.39, 0.29) is 5.69 Å².